The van der Waals surface area contributed by atoms with E-state index in [4.69, 9.17) is 0 Å². The van der Waals surface area contributed by atoms with Crippen LogP contribution in [0.5, 0.6) is 0 Å². The second-order valence-corrected chi connectivity index (χ2v) is 7.83. The van der Waals surface area contributed by atoms with Gasteiger partial charge in [0.2, 0.25) is 5.91 Å². The van der Waals surface area contributed by atoms with Crippen LogP contribution in [-0.4, -0.2) is 41.1 Å². The zero-order valence-corrected chi connectivity index (χ0v) is 16.0. The fourth-order valence-electron chi connectivity index (χ4n) is 3.98. The number of nitrogens with zero attached hydrogens (tertiary/aromatic N) is 2. The lowest BCUT2D eigenvalue weighted by molar-refractivity contribution is -0.121. The van der Waals surface area contributed by atoms with E-state index in [-0.39, 0.29) is 5.91 Å². The molecule has 1 N–H and O–H groups in total. The van der Waals surface area contributed by atoms with Gasteiger partial charge in [0.25, 0.3) is 0 Å². The lowest BCUT2D eigenvalue weighted by atomic mass is 10.2. The highest BCUT2D eigenvalue weighted by Gasteiger charge is 2.23. The number of carbonyl (C=O) groups excluding carboxylic acids is 1. The number of hydrogen-bond acceptors (Lipinski definition) is 3. The van der Waals surface area contributed by atoms with E-state index in [2.05, 4.69) is 57.4 Å². The quantitative estimate of drug-likeness (QED) is 0.716. The largest absolute Gasteiger partial charge is 0.353 e. The molecule has 0 radical (unpaired) electrons. The molecule has 1 fully saturated rings. The number of nitrogens with one attached hydrogen (secondary N) is 1. The minimum Gasteiger partial charge on any atom is -0.353 e. The van der Waals surface area contributed by atoms with Crippen LogP contribution in [0.4, 0.5) is 0 Å². The SMILES string of the molecule is CCN1CCCC1CNC(=O)Cn1c(-c2cccs2)cc2ccccc21. The fourth-order valence-corrected chi connectivity index (χ4v) is 4.73. The second kappa shape index (κ2) is 7.64. The summed E-state index contributed by atoms with van der Waals surface area (Å²) in [4.78, 5) is 16.3. The lowest BCUT2D eigenvalue weighted by Crippen LogP contribution is -2.41. The van der Waals surface area contributed by atoms with Crippen LogP contribution in [0.15, 0.2) is 47.8 Å². The van der Waals surface area contributed by atoms with E-state index in [0.717, 1.165) is 30.8 Å². The van der Waals surface area contributed by atoms with Gasteiger partial charge in [0.15, 0.2) is 0 Å². The summed E-state index contributed by atoms with van der Waals surface area (Å²) in [6, 6.07) is 15.1. The number of aromatic nitrogens is 1. The van der Waals surface area contributed by atoms with Crippen LogP contribution in [0.2, 0.25) is 0 Å². The van der Waals surface area contributed by atoms with Gasteiger partial charge in [-0.05, 0) is 49.5 Å². The van der Waals surface area contributed by atoms with Crippen molar-refractivity contribution >= 4 is 28.1 Å². The predicted molar refractivity (Wildman–Crippen MR) is 109 cm³/mol. The Hall–Kier alpha value is -2.11. The van der Waals surface area contributed by atoms with Crippen LogP contribution in [0, 0.1) is 0 Å². The summed E-state index contributed by atoms with van der Waals surface area (Å²) in [7, 11) is 0. The van der Waals surface area contributed by atoms with Crippen molar-refractivity contribution in [1.29, 1.82) is 0 Å². The first-order valence-electron chi connectivity index (χ1n) is 9.39. The summed E-state index contributed by atoms with van der Waals surface area (Å²) in [5, 5.41) is 6.42. The highest BCUT2D eigenvalue weighted by atomic mass is 32.1. The average molecular weight is 368 g/mol. The van der Waals surface area contributed by atoms with Crippen molar-refractivity contribution in [2.45, 2.75) is 32.4 Å². The molecule has 0 aliphatic carbocycles. The van der Waals surface area contributed by atoms with Gasteiger partial charge in [0.1, 0.15) is 6.54 Å². The Balaban J connectivity index is 1.53. The molecule has 2 aromatic heterocycles. The molecular formula is C21H25N3OS. The zero-order valence-electron chi connectivity index (χ0n) is 15.1. The Bertz CT molecular complexity index is 884. The van der Waals surface area contributed by atoms with E-state index in [0.29, 0.717) is 12.6 Å². The number of hydrogen-bond donors (Lipinski definition) is 1. The fraction of sp³-hybridized carbons (Fsp3) is 0.381. The summed E-state index contributed by atoms with van der Waals surface area (Å²) in [6.45, 7) is 5.52. The van der Waals surface area contributed by atoms with Crippen LogP contribution < -0.4 is 5.32 Å². The number of para-hydroxylation sites is 1. The number of fused-ring (bicyclic) bond motifs is 1. The number of carbonyl (C=O) groups is 1. The topological polar surface area (TPSA) is 37.3 Å². The standard InChI is InChI=1S/C21H25N3OS/c1-2-23-11-5-8-17(23)14-22-21(25)15-24-18-9-4-3-7-16(18)13-19(24)20-10-6-12-26-20/h3-4,6-7,9-10,12-13,17H,2,5,8,11,14-15H2,1H3,(H,22,25). The third-order valence-corrected chi connectivity index (χ3v) is 6.22. The molecule has 1 unspecified atom stereocenters. The van der Waals surface area contributed by atoms with Crippen molar-refractivity contribution in [3.63, 3.8) is 0 Å². The van der Waals surface area contributed by atoms with Gasteiger partial charge in [-0.2, -0.15) is 0 Å². The van der Waals surface area contributed by atoms with Gasteiger partial charge >= 0.3 is 0 Å². The molecule has 5 heteroatoms. The normalized spacial score (nSPS) is 17.8. The van der Waals surface area contributed by atoms with Gasteiger partial charge in [-0.25, -0.2) is 0 Å². The predicted octanol–water partition coefficient (Wildman–Crippen LogP) is 3.97. The number of thiophene rings is 1. The molecular weight excluding hydrogens is 342 g/mol. The Morgan fingerprint density at radius 2 is 2.15 bits per heavy atom. The number of benzene rings is 1. The van der Waals surface area contributed by atoms with Gasteiger partial charge in [-0.15, -0.1) is 11.3 Å². The van der Waals surface area contributed by atoms with Gasteiger partial charge in [0, 0.05) is 23.5 Å². The van der Waals surface area contributed by atoms with Gasteiger partial charge in [-0.3, -0.25) is 9.69 Å². The van der Waals surface area contributed by atoms with Crippen LogP contribution >= 0.6 is 11.3 Å². The maximum Gasteiger partial charge on any atom is 0.240 e. The molecule has 1 amide bonds. The first kappa shape index (κ1) is 17.3. The van der Waals surface area contributed by atoms with Gasteiger partial charge < -0.3 is 9.88 Å². The molecule has 3 heterocycles. The summed E-state index contributed by atoms with van der Waals surface area (Å²) in [5.74, 6) is 0.0899. The van der Waals surface area contributed by atoms with E-state index >= 15 is 0 Å². The van der Waals surface area contributed by atoms with Crippen molar-refractivity contribution in [3.05, 3.63) is 47.8 Å². The number of amides is 1. The molecule has 26 heavy (non-hydrogen) atoms. The molecule has 1 aromatic carbocycles. The zero-order chi connectivity index (χ0) is 17.9. The summed E-state index contributed by atoms with van der Waals surface area (Å²) in [5.41, 5.74) is 2.23. The molecule has 0 bridgehead atoms. The van der Waals surface area contributed by atoms with Crippen LogP contribution in [0.1, 0.15) is 19.8 Å². The Kier molecular flexibility index (Phi) is 5.09. The summed E-state index contributed by atoms with van der Waals surface area (Å²) in [6.07, 6.45) is 2.42. The number of likely N-dealkylation sites (tertiary alicyclic amines) is 1. The van der Waals surface area contributed by atoms with E-state index in [1.165, 1.54) is 23.1 Å². The third-order valence-electron chi connectivity index (χ3n) is 5.33. The van der Waals surface area contributed by atoms with E-state index in [1.54, 1.807) is 11.3 Å². The summed E-state index contributed by atoms with van der Waals surface area (Å²) < 4.78 is 2.14. The first-order valence-corrected chi connectivity index (χ1v) is 10.3. The van der Waals surface area contributed by atoms with Crippen molar-refractivity contribution in [2.75, 3.05) is 19.6 Å². The Morgan fingerprint density at radius 1 is 1.27 bits per heavy atom. The molecule has 0 spiro atoms. The second-order valence-electron chi connectivity index (χ2n) is 6.88. The van der Waals surface area contributed by atoms with Crippen molar-refractivity contribution in [3.8, 4) is 10.6 Å². The van der Waals surface area contributed by atoms with Crippen molar-refractivity contribution in [1.82, 2.24) is 14.8 Å². The van der Waals surface area contributed by atoms with E-state index in [1.807, 2.05) is 12.1 Å². The van der Waals surface area contributed by atoms with E-state index in [9.17, 15) is 4.79 Å². The average Bonchev–Trinajstić information content (AvgIpc) is 3.39. The third kappa shape index (κ3) is 3.41. The monoisotopic (exact) mass is 367 g/mol. The minimum absolute atomic E-state index is 0.0899. The molecule has 0 saturated carbocycles. The minimum atomic E-state index is 0.0899. The summed E-state index contributed by atoms with van der Waals surface area (Å²) >= 11 is 1.71. The van der Waals surface area contributed by atoms with Crippen LogP contribution in [0.3, 0.4) is 0 Å². The molecule has 4 nitrogen and oxygen atoms in total. The molecule has 1 aliphatic rings. The maximum atomic E-state index is 12.7. The molecule has 136 valence electrons. The molecule has 1 saturated heterocycles. The van der Waals surface area contributed by atoms with Crippen LogP contribution in [0.25, 0.3) is 21.5 Å². The molecule has 1 atom stereocenters. The number of rotatable bonds is 6. The van der Waals surface area contributed by atoms with Crippen LogP contribution in [-0.2, 0) is 11.3 Å². The first-order chi connectivity index (χ1) is 12.8. The lowest BCUT2D eigenvalue weighted by Gasteiger charge is -2.23. The maximum absolute atomic E-state index is 12.7. The molecule has 1 aliphatic heterocycles. The van der Waals surface area contributed by atoms with Crippen molar-refractivity contribution in [2.24, 2.45) is 0 Å². The molecule has 3 aromatic rings. The van der Waals surface area contributed by atoms with Gasteiger partial charge in [0.05, 0.1) is 10.6 Å². The van der Waals surface area contributed by atoms with E-state index < -0.39 is 0 Å². The smallest absolute Gasteiger partial charge is 0.240 e. The Morgan fingerprint density at radius 3 is 2.96 bits per heavy atom. The Labute approximate surface area is 158 Å². The molecule has 4 rings (SSSR count). The number of likely N-dealkylation sites (N-methyl/N-ethyl adjacent to an activating group) is 1. The van der Waals surface area contributed by atoms with Crippen molar-refractivity contribution < 1.29 is 4.79 Å². The van der Waals surface area contributed by atoms with Gasteiger partial charge in [-0.1, -0.05) is 31.2 Å². The highest BCUT2D eigenvalue weighted by Crippen LogP contribution is 2.31. The highest BCUT2D eigenvalue weighted by molar-refractivity contribution is 7.13.